The molecule has 0 unspecified atom stereocenters. The van der Waals surface area contributed by atoms with Gasteiger partial charge in [0.05, 0.1) is 17.6 Å². The molecular formula is C23H30N2O. The molecule has 0 saturated carbocycles. The summed E-state index contributed by atoms with van der Waals surface area (Å²) >= 11 is 0. The van der Waals surface area contributed by atoms with Gasteiger partial charge in [0.2, 0.25) is 0 Å². The summed E-state index contributed by atoms with van der Waals surface area (Å²) in [5, 5.41) is 0. The van der Waals surface area contributed by atoms with Crippen molar-refractivity contribution >= 4 is 11.0 Å². The highest BCUT2D eigenvalue weighted by molar-refractivity contribution is 5.75. The van der Waals surface area contributed by atoms with Crippen LogP contribution >= 0.6 is 0 Å². The van der Waals surface area contributed by atoms with E-state index in [1.807, 2.05) is 0 Å². The van der Waals surface area contributed by atoms with Gasteiger partial charge in [-0.15, -0.1) is 0 Å². The van der Waals surface area contributed by atoms with Gasteiger partial charge in [-0.1, -0.05) is 45.0 Å². The number of unbranched alkanes of at least 4 members (excludes halogenated alkanes) is 1. The van der Waals surface area contributed by atoms with Gasteiger partial charge >= 0.3 is 0 Å². The van der Waals surface area contributed by atoms with E-state index >= 15 is 0 Å². The first kappa shape index (κ1) is 18.5. The molecule has 0 spiro atoms. The first-order chi connectivity index (χ1) is 12.6. The molecule has 0 saturated heterocycles. The highest BCUT2D eigenvalue weighted by Gasteiger charge is 2.10. The molecular weight excluding hydrogens is 320 g/mol. The van der Waals surface area contributed by atoms with E-state index in [0.29, 0.717) is 5.92 Å². The molecule has 0 fully saturated rings. The molecule has 1 heterocycles. The summed E-state index contributed by atoms with van der Waals surface area (Å²) in [6, 6.07) is 14.9. The van der Waals surface area contributed by atoms with E-state index in [2.05, 4.69) is 74.7 Å². The number of para-hydroxylation sites is 2. The van der Waals surface area contributed by atoms with E-state index < -0.39 is 0 Å². The van der Waals surface area contributed by atoms with Crippen LogP contribution in [0.25, 0.3) is 11.0 Å². The van der Waals surface area contributed by atoms with Crippen LogP contribution in [0.15, 0.2) is 42.5 Å². The normalized spacial score (nSPS) is 11.4. The van der Waals surface area contributed by atoms with E-state index in [1.54, 1.807) is 0 Å². The predicted octanol–water partition coefficient (Wildman–Crippen LogP) is 5.89. The van der Waals surface area contributed by atoms with Gasteiger partial charge in [-0.25, -0.2) is 4.98 Å². The summed E-state index contributed by atoms with van der Waals surface area (Å²) in [6.07, 6.45) is 3.10. The van der Waals surface area contributed by atoms with Gasteiger partial charge in [-0.2, -0.15) is 0 Å². The van der Waals surface area contributed by atoms with Crippen LogP contribution < -0.4 is 4.74 Å². The zero-order chi connectivity index (χ0) is 18.5. The van der Waals surface area contributed by atoms with Crippen molar-refractivity contribution in [1.29, 1.82) is 0 Å². The van der Waals surface area contributed by atoms with Gasteiger partial charge in [-0.3, -0.25) is 0 Å². The standard InChI is InChI=1S/C23H30N2O/c1-5-23-24-20-10-6-7-11-21(20)25(23)14-8-9-15-26-22-16-18(4)12-13-19(22)17(2)3/h6-7,10-13,16-17H,5,8-9,14-15H2,1-4H3. The highest BCUT2D eigenvalue weighted by atomic mass is 16.5. The Balaban J connectivity index is 1.58. The molecule has 3 rings (SSSR count). The minimum Gasteiger partial charge on any atom is -0.493 e. The first-order valence-corrected chi connectivity index (χ1v) is 9.77. The molecule has 3 heteroatoms. The molecule has 0 aliphatic carbocycles. The third-order valence-electron chi connectivity index (χ3n) is 4.87. The number of rotatable bonds is 8. The van der Waals surface area contributed by atoms with Gasteiger partial charge in [0.15, 0.2) is 0 Å². The lowest BCUT2D eigenvalue weighted by Gasteiger charge is -2.15. The number of fused-ring (bicyclic) bond motifs is 1. The van der Waals surface area contributed by atoms with Gasteiger partial charge in [-0.05, 0) is 55.0 Å². The van der Waals surface area contributed by atoms with Crippen LogP contribution in [0, 0.1) is 6.92 Å². The lowest BCUT2D eigenvalue weighted by molar-refractivity contribution is 0.299. The Morgan fingerprint density at radius 3 is 2.65 bits per heavy atom. The Kier molecular flexibility index (Phi) is 5.97. The maximum Gasteiger partial charge on any atom is 0.122 e. The second kappa shape index (κ2) is 8.39. The molecule has 0 bridgehead atoms. The SMILES string of the molecule is CCc1nc2ccccc2n1CCCCOc1cc(C)ccc1C(C)C. The summed E-state index contributed by atoms with van der Waals surface area (Å²) in [6.45, 7) is 10.5. The van der Waals surface area contributed by atoms with Gasteiger partial charge in [0.25, 0.3) is 0 Å². The van der Waals surface area contributed by atoms with Crippen molar-refractivity contribution < 1.29 is 4.74 Å². The number of aryl methyl sites for hydroxylation is 3. The molecule has 0 atom stereocenters. The van der Waals surface area contributed by atoms with Crippen molar-refractivity contribution in [2.75, 3.05) is 6.61 Å². The second-order valence-corrected chi connectivity index (χ2v) is 7.27. The molecule has 1 aromatic heterocycles. The van der Waals surface area contributed by atoms with Crippen LogP contribution in [0.3, 0.4) is 0 Å². The number of benzene rings is 2. The fourth-order valence-electron chi connectivity index (χ4n) is 3.44. The number of ether oxygens (including phenoxy) is 1. The van der Waals surface area contributed by atoms with E-state index in [0.717, 1.165) is 43.7 Å². The van der Waals surface area contributed by atoms with E-state index in [4.69, 9.17) is 9.72 Å². The van der Waals surface area contributed by atoms with Crippen molar-refractivity contribution in [3.05, 3.63) is 59.4 Å². The Labute approximate surface area is 157 Å². The van der Waals surface area contributed by atoms with Crippen molar-refractivity contribution in [2.45, 2.75) is 59.4 Å². The Morgan fingerprint density at radius 2 is 1.88 bits per heavy atom. The molecule has 138 valence electrons. The van der Waals surface area contributed by atoms with Gasteiger partial charge in [0, 0.05) is 13.0 Å². The van der Waals surface area contributed by atoms with Crippen LogP contribution in [0.5, 0.6) is 5.75 Å². The summed E-state index contributed by atoms with van der Waals surface area (Å²) in [4.78, 5) is 4.75. The van der Waals surface area contributed by atoms with Crippen molar-refractivity contribution in [1.82, 2.24) is 9.55 Å². The average Bonchev–Trinajstić information content (AvgIpc) is 2.99. The molecule has 2 aromatic carbocycles. The fraction of sp³-hybridized carbons (Fsp3) is 0.435. The zero-order valence-electron chi connectivity index (χ0n) is 16.5. The largest absolute Gasteiger partial charge is 0.493 e. The Hall–Kier alpha value is -2.29. The first-order valence-electron chi connectivity index (χ1n) is 9.77. The third kappa shape index (κ3) is 4.09. The van der Waals surface area contributed by atoms with E-state index in [9.17, 15) is 0 Å². The maximum atomic E-state index is 6.12. The van der Waals surface area contributed by atoms with Crippen LogP contribution in [0.2, 0.25) is 0 Å². The van der Waals surface area contributed by atoms with Crippen molar-refractivity contribution in [2.24, 2.45) is 0 Å². The molecule has 0 aliphatic rings. The minimum atomic E-state index is 0.482. The number of hydrogen-bond donors (Lipinski definition) is 0. The van der Waals surface area contributed by atoms with Crippen molar-refractivity contribution in [3.8, 4) is 5.75 Å². The maximum absolute atomic E-state index is 6.12. The highest BCUT2D eigenvalue weighted by Crippen LogP contribution is 2.27. The minimum absolute atomic E-state index is 0.482. The molecule has 0 radical (unpaired) electrons. The van der Waals surface area contributed by atoms with Crippen molar-refractivity contribution in [3.63, 3.8) is 0 Å². The van der Waals surface area contributed by atoms with Gasteiger partial charge in [0.1, 0.15) is 11.6 Å². The average molecular weight is 351 g/mol. The molecule has 3 nitrogen and oxygen atoms in total. The molecule has 26 heavy (non-hydrogen) atoms. The summed E-state index contributed by atoms with van der Waals surface area (Å²) in [7, 11) is 0. The molecule has 0 amide bonds. The summed E-state index contributed by atoms with van der Waals surface area (Å²) in [5.41, 5.74) is 4.89. The lowest BCUT2D eigenvalue weighted by atomic mass is 10.0. The third-order valence-corrected chi connectivity index (χ3v) is 4.87. The van der Waals surface area contributed by atoms with E-state index in [-0.39, 0.29) is 0 Å². The quantitative estimate of drug-likeness (QED) is 0.474. The van der Waals surface area contributed by atoms with Crippen LogP contribution in [0.4, 0.5) is 0 Å². The van der Waals surface area contributed by atoms with Crippen LogP contribution in [0.1, 0.15) is 56.5 Å². The fourth-order valence-corrected chi connectivity index (χ4v) is 3.44. The second-order valence-electron chi connectivity index (χ2n) is 7.27. The van der Waals surface area contributed by atoms with Gasteiger partial charge < -0.3 is 9.30 Å². The molecule has 0 N–H and O–H groups in total. The monoisotopic (exact) mass is 350 g/mol. The molecule has 3 aromatic rings. The summed E-state index contributed by atoms with van der Waals surface area (Å²) < 4.78 is 8.48. The van der Waals surface area contributed by atoms with Crippen LogP contribution in [-0.2, 0) is 13.0 Å². The molecule has 0 aliphatic heterocycles. The number of aromatic nitrogens is 2. The predicted molar refractivity (Wildman–Crippen MR) is 109 cm³/mol. The lowest BCUT2D eigenvalue weighted by Crippen LogP contribution is -2.06. The van der Waals surface area contributed by atoms with Crippen LogP contribution in [-0.4, -0.2) is 16.2 Å². The Morgan fingerprint density at radius 1 is 1.08 bits per heavy atom. The zero-order valence-corrected chi connectivity index (χ0v) is 16.5. The number of nitrogens with zero attached hydrogens (tertiary/aromatic N) is 2. The number of hydrogen-bond acceptors (Lipinski definition) is 2. The Bertz CT molecular complexity index is 864. The summed E-state index contributed by atoms with van der Waals surface area (Å²) in [5.74, 6) is 2.70. The topological polar surface area (TPSA) is 27.1 Å². The number of imidazole rings is 1. The smallest absolute Gasteiger partial charge is 0.122 e. The van der Waals surface area contributed by atoms with E-state index in [1.165, 1.54) is 22.5 Å².